The van der Waals surface area contributed by atoms with Crippen LogP contribution in [0.1, 0.15) is 0 Å². The van der Waals surface area contributed by atoms with E-state index in [1.807, 2.05) is 5.32 Å². The lowest BCUT2D eigenvalue weighted by atomic mass is 10.4. The number of hydrogen-bond acceptors (Lipinski definition) is 4. The maximum absolute atomic E-state index is 11.1. The smallest absolute Gasteiger partial charge is 0.318 e. The Labute approximate surface area is 86.6 Å². The molecular weight excluding hydrogens is 204 g/mol. The largest absolute Gasteiger partial charge is 0.546 e. The van der Waals surface area contributed by atoms with Gasteiger partial charge in [-0.25, -0.2) is 9.59 Å². The zero-order valence-electron chi connectivity index (χ0n) is 8.66. The molecule has 1 atom stereocenters. The van der Waals surface area contributed by atoms with Gasteiger partial charge in [-0.15, -0.1) is 0 Å². The third-order valence-electron chi connectivity index (χ3n) is 1.64. The first-order chi connectivity index (χ1) is 6.93. The third kappa shape index (κ3) is 3.71. The molecule has 8 nitrogen and oxygen atoms in total. The average molecular weight is 217 g/mol. The van der Waals surface area contributed by atoms with Crippen molar-refractivity contribution in [1.82, 2.24) is 20.9 Å². The summed E-state index contributed by atoms with van der Waals surface area (Å²) in [6.45, 7) is 0. The highest BCUT2D eigenvalue weighted by Crippen LogP contribution is 1.92. The van der Waals surface area contributed by atoms with Crippen LogP contribution in [0, 0.1) is 0 Å². The summed E-state index contributed by atoms with van der Waals surface area (Å²) in [5, 5.41) is 17.0. The molecule has 0 fully saturated rings. The van der Waals surface area contributed by atoms with Crippen LogP contribution in [-0.4, -0.2) is 50.2 Å². The van der Waals surface area contributed by atoms with Gasteiger partial charge in [-0.05, 0) is 0 Å². The van der Waals surface area contributed by atoms with Crippen LogP contribution in [0.4, 0.5) is 9.59 Å². The lowest BCUT2D eigenvalue weighted by Crippen LogP contribution is -2.60. The van der Waals surface area contributed by atoms with E-state index in [1.165, 1.54) is 21.1 Å². The molecular formula is C7H13N4O4-. The molecule has 1 unspecified atom stereocenters. The normalized spacial score (nSPS) is 11.1. The minimum atomic E-state index is -1.58. The first kappa shape index (κ1) is 13.0. The molecule has 0 saturated heterocycles. The number of carbonyl (C=O) groups excluding carboxylic acids is 3. The van der Waals surface area contributed by atoms with Crippen LogP contribution in [0.15, 0.2) is 0 Å². The van der Waals surface area contributed by atoms with Gasteiger partial charge < -0.3 is 30.8 Å². The van der Waals surface area contributed by atoms with Gasteiger partial charge in [0.1, 0.15) is 6.17 Å². The van der Waals surface area contributed by atoms with Crippen LogP contribution >= 0.6 is 0 Å². The van der Waals surface area contributed by atoms with Gasteiger partial charge in [-0.3, -0.25) is 0 Å². The quantitative estimate of drug-likeness (QED) is 0.445. The Morgan fingerprint density at radius 3 is 2.07 bits per heavy atom. The van der Waals surface area contributed by atoms with Gasteiger partial charge >= 0.3 is 12.1 Å². The van der Waals surface area contributed by atoms with Crippen LogP contribution in [0.25, 0.3) is 0 Å². The molecule has 0 aliphatic rings. The maximum Gasteiger partial charge on any atom is 0.318 e. The molecule has 8 heteroatoms. The predicted molar refractivity (Wildman–Crippen MR) is 48.6 cm³/mol. The summed E-state index contributed by atoms with van der Waals surface area (Å²) in [5.41, 5.74) is 0. The maximum atomic E-state index is 11.1. The van der Waals surface area contributed by atoms with Crippen molar-refractivity contribution < 1.29 is 19.5 Å². The highest BCUT2D eigenvalue weighted by atomic mass is 16.4. The van der Waals surface area contributed by atoms with E-state index in [4.69, 9.17) is 0 Å². The number of nitrogens with one attached hydrogen (secondary N) is 3. The molecule has 15 heavy (non-hydrogen) atoms. The third-order valence-corrected chi connectivity index (χ3v) is 1.64. The molecule has 0 aromatic heterocycles. The number of carbonyl (C=O) groups is 3. The number of nitrogens with zero attached hydrogens (tertiary/aromatic N) is 1. The lowest BCUT2D eigenvalue weighted by molar-refractivity contribution is -0.311. The van der Waals surface area contributed by atoms with E-state index in [1.54, 1.807) is 0 Å². The van der Waals surface area contributed by atoms with Gasteiger partial charge in [-0.1, -0.05) is 0 Å². The van der Waals surface area contributed by atoms with Gasteiger partial charge in [0, 0.05) is 21.1 Å². The van der Waals surface area contributed by atoms with E-state index in [2.05, 4.69) is 10.6 Å². The van der Waals surface area contributed by atoms with Gasteiger partial charge in [0.25, 0.3) is 0 Å². The molecule has 4 amide bonds. The molecule has 0 saturated carbocycles. The SMILES string of the molecule is CNC(=O)NC(C(=O)[O-])N(C)C(=O)NC. The molecule has 86 valence electrons. The molecule has 0 radical (unpaired) electrons. The Morgan fingerprint density at radius 2 is 1.73 bits per heavy atom. The van der Waals surface area contributed by atoms with Gasteiger partial charge in [0.15, 0.2) is 0 Å². The number of carboxylic acid groups (broad SMARTS) is 1. The fourth-order valence-electron chi connectivity index (χ4n) is 0.804. The van der Waals surface area contributed by atoms with E-state index in [0.717, 1.165) is 4.90 Å². The van der Waals surface area contributed by atoms with Gasteiger partial charge in [0.05, 0.1) is 5.97 Å². The van der Waals surface area contributed by atoms with Crippen LogP contribution in [-0.2, 0) is 4.79 Å². The van der Waals surface area contributed by atoms with E-state index in [0.29, 0.717) is 0 Å². The standard InChI is InChI=1S/C7H14N4O4/c1-8-6(14)10-4(5(12)13)11(3)7(15)9-2/h4H,1-3H3,(H,9,15)(H,12,13)(H2,8,10,14)/p-1. The zero-order valence-corrected chi connectivity index (χ0v) is 8.66. The van der Waals surface area contributed by atoms with Gasteiger partial charge in [-0.2, -0.15) is 0 Å². The highest BCUT2D eigenvalue weighted by molar-refractivity contribution is 5.85. The minimum Gasteiger partial charge on any atom is -0.546 e. The average Bonchev–Trinajstić information content (AvgIpc) is 2.22. The molecule has 0 aliphatic carbocycles. The minimum absolute atomic E-state index is 0.652. The molecule has 3 N–H and O–H groups in total. The van der Waals surface area contributed by atoms with Crippen molar-refractivity contribution in [2.24, 2.45) is 0 Å². The summed E-state index contributed by atoms with van der Waals surface area (Å²) in [5.74, 6) is -1.58. The summed E-state index contributed by atoms with van der Waals surface area (Å²) in [6.07, 6.45) is -1.52. The van der Waals surface area contributed by atoms with Crippen molar-refractivity contribution in [2.75, 3.05) is 21.1 Å². The predicted octanol–water partition coefficient (Wildman–Crippen LogP) is -2.74. The fraction of sp³-hybridized carbons (Fsp3) is 0.571. The number of aliphatic carboxylic acids is 1. The number of carboxylic acids is 1. The summed E-state index contributed by atoms with van der Waals surface area (Å²) < 4.78 is 0. The topological polar surface area (TPSA) is 114 Å². The summed E-state index contributed by atoms with van der Waals surface area (Å²) >= 11 is 0. The van der Waals surface area contributed by atoms with Crippen LogP contribution in [0.2, 0.25) is 0 Å². The Kier molecular flexibility index (Phi) is 4.93. The number of hydrogen-bond donors (Lipinski definition) is 3. The van der Waals surface area contributed by atoms with Crippen LogP contribution < -0.4 is 21.1 Å². The highest BCUT2D eigenvalue weighted by Gasteiger charge is 2.21. The van der Waals surface area contributed by atoms with E-state index in [9.17, 15) is 19.5 Å². The summed E-state index contributed by atoms with van der Waals surface area (Å²) in [6, 6.07) is -1.37. The number of likely N-dealkylation sites (N-methyl/N-ethyl adjacent to an activating group) is 1. The Hall–Kier alpha value is -1.99. The van der Waals surface area contributed by atoms with Crippen LogP contribution in [0.5, 0.6) is 0 Å². The molecule has 0 spiro atoms. The van der Waals surface area contributed by atoms with Gasteiger partial charge in [0.2, 0.25) is 0 Å². The second-order valence-electron chi connectivity index (χ2n) is 2.61. The van der Waals surface area contributed by atoms with Crippen molar-refractivity contribution in [1.29, 1.82) is 0 Å². The monoisotopic (exact) mass is 217 g/mol. The number of amides is 4. The van der Waals surface area contributed by atoms with E-state index >= 15 is 0 Å². The molecule has 0 rings (SSSR count). The zero-order chi connectivity index (χ0) is 12.0. The van der Waals surface area contributed by atoms with Crippen LogP contribution in [0.3, 0.4) is 0 Å². The second kappa shape index (κ2) is 5.68. The van der Waals surface area contributed by atoms with Crippen molar-refractivity contribution in [3.8, 4) is 0 Å². The Morgan fingerprint density at radius 1 is 1.20 bits per heavy atom. The first-order valence-electron chi connectivity index (χ1n) is 4.07. The lowest BCUT2D eigenvalue weighted by Gasteiger charge is -2.28. The van der Waals surface area contributed by atoms with Crippen molar-refractivity contribution in [2.45, 2.75) is 6.17 Å². The van der Waals surface area contributed by atoms with E-state index < -0.39 is 24.2 Å². The molecule has 0 aliphatic heterocycles. The first-order valence-corrected chi connectivity index (χ1v) is 4.07. The molecule has 0 bridgehead atoms. The number of urea groups is 2. The van der Waals surface area contributed by atoms with Crippen molar-refractivity contribution in [3.05, 3.63) is 0 Å². The molecule has 0 aromatic rings. The molecule has 0 aromatic carbocycles. The number of rotatable bonds is 3. The second-order valence-corrected chi connectivity index (χ2v) is 2.61. The fourth-order valence-corrected chi connectivity index (χ4v) is 0.804. The van der Waals surface area contributed by atoms with Crippen molar-refractivity contribution >= 4 is 18.0 Å². The summed E-state index contributed by atoms with van der Waals surface area (Å²) in [4.78, 5) is 33.4. The molecule has 0 heterocycles. The Balaban J connectivity index is 4.59. The Bertz CT molecular complexity index is 268. The summed E-state index contributed by atoms with van der Waals surface area (Å²) in [7, 11) is 3.88. The van der Waals surface area contributed by atoms with Crippen molar-refractivity contribution in [3.63, 3.8) is 0 Å². The van der Waals surface area contributed by atoms with E-state index in [-0.39, 0.29) is 0 Å².